The average Bonchev–Trinajstić information content (AvgIpc) is 2.78. The van der Waals surface area contributed by atoms with Crippen molar-refractivity contribution in [2.45, 2.75) is 31.8 Å². The molecule has 0 unspecified atom stereocenters. The van der Waals surface area contributed by atoms with E-state index < -0.39 is 23.5 Å². The molecule has 0 aliphatic heterocycles. The Bertz CT molecular complexity index is 982. The number of benzene rings is 3. The summed E-state index contributed by atoms with van der Waals surface area (Å²) in [5.41, 5.74) is 1.78. The molecular weight excluding hydrogens is 364 g/mol. The van der Waals surface area contributed by atoms with Gasteiger partial charge in [-0.1, -0.05) is 80.6 Å². The van der Waals surface area contributed by atoms with Crippen molar-refractivity contribution in [3.05, 3.63) is 107 Å². The number of rotatable bonds is 7. The maximum absolute atomic E-state index is 13.0. The lowest BCUT2D eigenvalue weighted by molar-refractivity contribution is 0.00598. The van der Waals surface area contributed by atoms with Gasteiger partial charge in [0.1, 0.15) is 6.10 Å². The van der Waals surface area contributed by atoms with Gasteiger partial charge in [0.25, 0.3) is 0 Å². The highest BCUT2D eigenvalue weighted by Crippen LogP contribution is 2.42. The fourth-order valence-electron chi connectivity index (χ4n) is 3.51. The van der Waals surface area contributed by atoms with Crippen LogP contribution in [0.3, 0.4) is 0 Å². The van der Waals surface area contributed by atoms with E-state index in [1.807, 2.05) is 60.7 Å². The van der Waals surface area contributed by atoms with Gasteiger partial charge in [0.2, 0.25) is 0 Å². The van der Waals surface area contributed by atoms with Crippen LogP contribution in [0, 0.1) is 0 Å². The molecule has 0 aromatic heterocycles. The molecule has 0 fully saturated rings. The Labute approximate surface area is 170 Å². The predicted molar refractivity (Wildman–Crippen MR) is 112 cm³/mol. The lowest BCUT2D eigenvalue weighted by Gasteiger charge is -2.37. The molecule has 3 aromatic rings. The smallest absolute Gasteiger partial charge is 0.338 e. The average molecular weight is 388 g/mol. The van der Waals surface area contributed by atoms with Crippen molar-refractivity contribution in [3.63, 3.8) is 0 Å². The lowest BCUT2D eigenvalue weighted by Crippen LogP contribution is -2.33. The zero-order valence-electron chi connectivity index (χ0n) is 16.5. The highest BCUT2D eigenvalue weighted by Gasteiger charge is 2.38. The molecule has 0 aliphatic rings. The van der Waals surface area contributed by atoms with Crippen molar-refractivity contribution >= 4 is 11.9 Å². The predicted octanol–water partition coefficient (Wildman–Crippen LogP) is 5.65. The van der Waals surface area contributed by atoms with Gasteiger partial charge in [0.05, 0.1) is 11.1 Å². The molecule has 0 saturated heterocycles. The number of carbonyl (C=O) groups excluding carboxylic acids is 1. The van der Waals surface area contributed by atoms with Gasteiger partial charge >= 0.3 is 11.9 Å². The van der Waals surface area contributed by atoms with Gasteiger partial charge in [0.15, 0.2) is 0 Å². The van der Waals surface area contributed by atoms with Crippen LogP contribution in [0.5, 0.6) is 0 Å². The van der Waals surface area contributed by atoms with Gasteiger partial charge in [-0.3, -0.25) is 0 Å². The minimum absolute atomic E-state index is 0.0528. The van der Waals surface area contributed by atoms with Gasteiger partial charge in [-0.15, -0.1) is 0 Å². The fourth-order valence-corrected chi connectivity index (χ4v) is 3.51. The maximum Gasteiger partial charge on any atom is 0.338 e. The Morgan fingerprint density at radius 1 is 0.897 bits per heavy atom. The highest BCUT2D eigenvalue weighted by atomic mass is 16.5. The molecule has 2 atom stereocenters. The quantitative estimate of drug-likeness (QED) is 0.531. The Morgan fingerprint density at radius 3 is 2.07 bits per heavy atom. The minimum Gasteiger partial charge on any atom is -0.478 e. The van der Waals surface area contributed by atoms with Crippen molar-refractivity contribution in [1.82, 2.24) is 0 Å². The number of carboxylic acids is 1. The summed E-state index contributed by atoms with van der Waals surface area (Å²) in [7, 11) is 0. The van der Waals surface area contributed by atoms with Crippen molar-refractivity contribution in [2.75, 3.05) is 0 Å². The molecule has 3 aromatic carbocycles. The summed E-state index contributed by atoms with van der Waals surface area (Å²) < 4.78 is 6.04. The van der Waals surface area contributed by atoms with Gasteiger partial charge in [-0.05, 0) is 35.7 Å². The van der Waals surface area contributed by atoms with E-state index >= 15 is 0 Å². The van der Waals surface area contributed by atoms with E-state index in [4.69, 9.17) is 4.74 Å². The third-order valence-corrected chi connectivity index (χ3v) is 5.42. The highest BCUT2D eigenvalue weighted by molar-refractivity contribution is 5.94. The summed E-state index contributed by atoms with van der Waals surface area (Å²) in [6.45, 7) is 4.16. The molecule has 3 rings (SSSR count). The summed E-state index contributed by atoms with van der Waals surface area (Å²) in [6, 6.07) is 25.6. The normalized spacial score (nSPS) is 13.9. The number of hydrogen-bond donors (Lipinski definition) is 1. The van der Waals surface area contributed by atoms with Gasteiger partial charge in [-0.25, -0.2) is 9.59 Å². The van der Waals surface area contributed by atoms with Crippen LogP contribution >= 0.6 is 0 Å². The number of ether oxygens (including phenoxy) is 1. The zero-order chi connectivity index (χ0) is 20.9. The Hall–Kier alpha value is -3.40. The topological polar surface area (TPSA) is 63.6 Å². The standard InChI is InChI=1S/C25H24O4/c1-3-25(2,21-15-8-5-9-16-21)22(18-11-6-4-7-12-18)29-24(28)20-14-10-13-19(17-20)23(26)27/h4-17,22H,3H2,1-2H3,(H,26,27)/t22-,25+/m0/s1. The summed E-state index contributed by atoms with van der Waals surface area (Å²) in [6.07, 6.45) is 0.219. The molecule has 0 aliphatic carbocycles. The molecule has 0 amide bonds. The molecule has 0 bridgehead atoms. The molecule has 1 N–H and O–H groups in total. The Balaban J connectivity index is 2.02. The number of carboxylic acid groups (broad SMARTS) is 1. The first-order chi connectivity index (χ1) is 14.0. The van der Waals surface area contributed by atoms with Crippen LogP contribution in [0.1, 0.15) is 58.2 Å². The second-order valence-electron chi connectivity index (χ2n) is 7.22. The number of esters is 1. The molecule has 148 valence electrons. The Kier molecular flexibility index (Phi) is 6.13. The van der Waals surface area contributed by atoms with Crippen molar-refractivity contribution in [3.8, 4) is 0 Å². The number of hydrogen-bond acceptors (Lipinski definition) is 3. The first-order valence-corrected chi connectivity index (χ1v) is 9.60. The zero-order valence-corrected chi connectivity index (χ0v) is 16.5. The van der Waals surface area contributed by atoms with Crippen LogP contribution in [-0.2, 0) is 10.2 Å². The van der Waals surface area contributed by atoms with Crippen molar-refractivity contribution < 1.29 is 19.4 Å². The summed E-state index contributed by atoms with van der Waals surface area (Å²) >= 11 is 0. The van der Waals surface area contributed by atoms with Crippen LogP contribution in [0.2, 0.25) is 0 Å². The van der Waals surface area contributed by atoms with E-state index in [-0.39, 0.29) is 11.1 Å². The van der Waals surface area contributed by atoms with Crippen molar-refractivity contribution in [1.29, 1.82) is 0 Å². The molecule has 29 heavy (non-hydrogen) atoms. The Morgan fingerprint density at radius 2 is 1.48 bits per heavy atom. The molecule has 0 radical (unpaired) electrons. The van der Waals surface area contributed by atoms with E-state index in [2.05, 4.69) is 13.8 Å². The van der Waals surface area contributed by atoms with E-state index in [1.165, 1.54) is 12.1 Å². The SMILES string of the molecule is CC[C@](C)(c1ccccc1)[C@@H](OC(=O)c1cccc(C(=O)O)c1)c1ccccc1. The molecule has 4 heteroatoms. The van der Waals surface area contributed by atoms with E-state index in [0.717, 1.165) is 17.5 Å². The largest absolute Gasteiger partial charge is 0.478 e. The minimum atomic E-state index is -1.08. The van der Waals surface area contributed by atoms with E-state index in [0.29, 0.717) is 0 Å². The number of carbonyl (C=O) groups is 2. The number of aromatic carboxylic acids is 1. The monoisotopic (exact) mass is 388 g/mol. The molecule has 0 saturated carbocycles. The van der Waals surface area contributed by atoms with E-state index in [9.17, 15) is 14.7 Å². The maximum atomic E-state index is 13.0. The third kappa shape index (κ3) is 4.37. The molecule has 0 heterocycles. The summed E-state index contributed by atoms with van der Waals surface area (Å²) in [5, 5.41) is 9.21. The second kappa shape index (κ2) is 8.74. The molecule has 0 spiro atoms. The van der Waals surface area contributed by atoms with Crippen LogP contribution in [0.15, 0.2) is 84.9 Å². The summed E-state index contributed by atoms with van der Waals surface area (Å²) in [4.78, 5) is 24.2. The first kappa shape index (κ1) is 20.3. The summed E-state index contributed by atoms with van der Waals surface area (Å²) in [5.74, 6) is -1.63. The van der Waals surface area contributed by atoms with Crippen molar-refractivity contribution in [2.24, 2.45) is 0 Å². The molecular formula is C25H24O4. The van der Waals surface area contributed by atoms with Gasteiger partial charge in [-0.2, -0.15) is 0 Å². The van der Waals surface area contributed by atoms with E-state index in [1.54, 1.807) is 12.1 Å². The molecule has 4 nitrogen and oxygen atoms in total. The van der Waals surface area contributed by atoms with Crippen LogP contribution in [0.25, 0.3) is 0 Å². The first-order valence-electron chi connectivity index (χ1n) is 9.60. The van der Waals surface area contributed by atoms with Crippen LogP contribution < -0.4 is 0 Å². The van der Waals surface area contributed by atoms with Crippen LogP contribution in [0.4, 0.5) is 0 Å². The fraction of sp³-hybridized carbons (Fsp3) is 0.200. The van der Waals surface area contributed by atoms with Gasteiger partial charge < -0.3 is 9.84 Å². The second-order valence-corrected chi connectivity index (χ2v) is 7.22. The lowest BCUT2D eigenvalue weighted by atomic mass is 9.73. The van der Waals surface area contributed by atoms with Gasteiger partial charge in [0, 0.05) is 5.41 Å². The van der Waals surface area contributed by atoms with Crippen LogP contribution in [-0.4, -0.2) is 17.0 Å². The third-order valence-electron chi connectivity index (χ3n) is 5.42.